The first kappa shape index (κ1) is 14.8. The number of nitrogens with zero attached hydrogens (tertiary/aromatic N) is 3. The summed E-state index contributed by atoms with van der Waals surface area (Å²) in [6, 6.07) is 16.3. The van der Waals surface area contributed by atoms with Crippen LogP contribution in [0.1, 0.15) is 13.8 Å². The zero-order valence-corrected chi connectivity index (χ0v) is 13.2. The number of hydrogen-bond acceptors (Lipinski definition) is 3. The molecule has 3 nitrogen and oxygen atoms in total. The lowest BCUT2D eigenvalue weighted by atomic mass is 10.2. The Morgan fingerprint density at radius 3 is 2.27 bits per heavy atom. The number of rotatable bonds is 4. The van der Waals surface area contributed by atoms with Gasteiger partial charge in [-0.2, -0.15) is 0 Å². The van der Waals surface area contributed by atoms with Gasteiger partial charge in [-0.3, -0.25) is 4.57 Å². The fourth-order valence-corrected chi connectivity index (χ4v) is 2.96. The van der Waals surface area contributed by atoms with Gasteiger partial charge in [-0.1, -0.05) is 55.9 Å². The fraction of sp³-hybridized carbons (Fsp3) is 0.176. The first-order valence-corrected chi connectivity index (χ1v) is 7.96. The molecule has 0 aliphatic carbocycles. The van der Waals surface area contributed by atoms with Crippen LogP contribution in [0.4, 0.5) is 4.39 Å². The van der Waals surface area contributed by atoms with E-state index in [2.05, 4.69) is 24.0 Å². The minimum Gasteiger partial charge on any atom is -0.270 e. The van der Waals surface area contributed by atoms with E-state index in [0.717, 1.165) is 22.2 Å². The zero-order valence-electron chi connectivity index (χ0n) is 12.4. The summed E-state index contributed by atoms with van der Waals surface area (Å²) in [7, 11) is 0. The molecule has 0 fully saturated rings. The molecule has 0 saturated carbocycles. The normalized spacial score (nSPS) is 11.1. The maximum atomic E-state index is 13.2. The van der Waals surface area contributed by atoms with Crippen LogP contribution >= 0.6 is 11.8 Å². The van der Waals surface area contributed by atoms with Crippen LogP contribution in [0.15, 0.2) is 59.8 Å². The average molecular weight is 313 g/mol. The highest BCUT2D eigenvalue weighted by molar-refractivity contribution is 7.99. The summed E-state index contributed by atoms with van der Waals surface area (Å²) >= 11 is 1.64. The molecule has 2 aromatic carbocycles. The van der Waals surface area contributed by atoms with Gasteiger partial charge in [0.1, 0.15) is 5.82 Å². The van der Waals surface area contributed by atoms with Crippen LogP contribution in [0.3, 0.4) is 0 Å². The summed E-state index contributed by atoms with van der Waals surface area (Å²) < 4.78 is 15.2. The second kappa shape index (κ2) is 6.32. The third-order valence-corrected chi connectivity index (χ3v) is 4.04. The molecule has 22 heavy (non-hydrogen) atoms. The number of aromatic nitrogens is 3. The predicted octanol–water partition coefficient (Wildman–Crippen LogP) is 4.57. The molecular formula is C17H16FN3S. The van der Waals surface area contributed by atoms with E-state index in [4.69, 9.17) is 0 Å². The molecule has 3 rings (SSSR count). The van der Waals surface area contributed by atoms with Crippen molar-refractivity contribution in [2.45, 2.75) is 24.3 Å². The lowest BCUT2D eigenvalue weighted by Gasteiger charge is -2.11. The lowest BCUT2D eigenvalue weighted by molar-refractivity contribution is 0.627. The van der Waals surface area contributed by atoms with E-state index in [9.17, 15) is 4.39 Å². The molecule has 0 atom stereocenters. The van der Waals surface area contributed by atoms with E-state index in [-0.39, 0.29) is 5.82 Å². The van der Waals surface area contributed by atoms with Crippen molar-refractivity contribution in [2.75, 3.05) is 0 Å². The molecule has 5 heteroatoms. The summed E-state index contributed by atoms with van der Waals surface area (Å²) in [4.78, 5) is 0. The molecule has 112 valence electrons. The SMILES string of the molecule is CC(C)Sc1nnc(-c2ccccc2)n1-c1ccc(F)cc1. The van der Waals surface area contributed by atoms with Crippen molar-refractivity contribution in [3.05, 3.63) is 60.4 Å². The van der Waals surface area contributed by atoms with Crippen molar-refractivity contribution in [2.24, 2.45) is 0 Å². The Morgan fingerprint density at radius 2 is 1.64 bits per heavy atom. The van der Waals surface area contributed by atoms with Crippen molar-refractivity contribution in [3.8, 4) is 17.1 Å². The van der Waals surface area contributed by atoms with Gasteiger partial charge in [0.15, 0.2) is 11.0 Å². The Labute approximate surface area is 133 Å². The van der Waals surface area contributed by atoms with Crippen molar-refractivity contribution in [3.63, 3.8) is 0 Å². The summed E-state index contributed by atoms with van der Waals surface area (Å²) in [6.07, 6.45) is 0. The molecule has 0 aliphatic heterocycles. The van der Waals surface area contributed by atoms with Gasteiger partial charge < -0.3 is 0 Å². The average Bonchev–Trinajstić information content (AvgIpc) is 2.92. The second-order valence-corrected chi connectivity index (χ2v) is 6.69. The van der Waals surface area contributed by atoms with Crippen molar-refractivity contribution in [1.82, 2.24) is 14.8 Å². The van der Waals surface area contributed by atoms with Crippen molar-refractivity contribution < 1.29 is 4.39 Å². The maximum Gasteiger partial charge on any atom is 0.196 e. The Kier molecular flexibility index (Phi) is 4.24. The summed E-state index contributed by atoms with van der Waals surface area (Å²) in [5.74, 6) is 0.506. The second-order valence-electron chi connectivity index (χ2n) is 5.15. The lowest BCUT2D eigenvalue weighted by Crippen LogP contribution is -2.01. The van der Waals surface area contributed by atoms with E-state index in [1.807, 2.05) is 34.9 Å². The Hall–Kier alpha value is -2.14. The van der Waals surface area contributed by atoms with Crippen LogP contribution in [-0.2, 0) is 0 Å². The van der Waals surface area contributed by atoms with E-state index >= 15 is 0 Å². The highest BCUT2D eigenvalue weighted by Crippen LogP contribution is 2.29. The van der Waals surface area contributed by atoms with Crippen LogP contribution in [0.5, 0.6) is 0 Å². The third kappa shape index (κ3) is 3.04. The van der Waals surface area contributed by atoms with Crippen LogP contribution in [0, 0.1) is 5.82 Å². The van der Waals surface area contributed by atoms with E-state index in [1.54, 1.807) is 23.9 Å². The van der Waals surface area contributed by atoms with Gasteiger partial charge in [-0.15, -0.1) is 10.2 Å². The minimum atomic E-state index is -0.254. The molecular weight excluding hydrogens is 297 g/mol. The molecule has 0 saturated heterocycles. The monoisotopic (exact) mass is 313 g/mol. The summed E-state index contributed by atoms with van der Waals surface area (Å²) in [6.45, 7) is 4.22. The van der Waals surface area contributed by atoms with Gasteiger partial charge in [0, 0.05) is 16.5 Å². The molecule has 0 radical (unpaired) electrons. The first-order chi connectivity index (χ1) is 10.6. The van der Waals surface area contributed by atoms with Crippen LogP contribution in [0.2, 0.25) is 0 Å². The largest absolute Gasteiger partial charge is 0.270 e. The van der Waals surface area contributed by atoms with Crippen molar-refractivity contribution >= 4 is 11.8 Å². The summed E-state index contributed by atoms with van der Waals surface area (Å²) in [5.41, 5.74) is 1.84. The summed E-state index contributed by atoms with van der Waals surface area (Å²) in [5, 5.41) is 9.84. The molecule has 0 amide bonds. The fourth-order valence-electron chi connectivity index (χ4n) is 2.15. The number of hydrogen-bond donors (Lipinski definition) is 0. The Bertz CT molecular complexity index is 751. The zero-order chi connectivity index (χ0) is 15.5. The predicted molar refractivity (Wildman–Crippen MR) is 87.7 cm³/mol. The number of benzene rings is 2. The molecule has 1 aromatic heterocycles. The van der Waals surface area contributed by atoms with Crippen LogP contribution < -0.4 is 0 Å². The molecule has 0 N–H and O–H groups in total. The van der Waals surface area contributed by atoms with Gasteiger partial charge in [-0.05, 0) is 24.3 Å². The first-order valence-electron chi connectivity index (χ1n) is 7.08. The molecule has 0 unspecified atom stereocenters. The quantitative estimate of drug-likeness (QED) is 0.661. The molecule has 1 heterocycles. The van der Waals surface area contributed by atoms with E-state index in [0.29, 0.717) is 5.25 Å². The van der Waals surface area contributed by atoms with Gasteiger partial charge in [-0.25, -0.2) is 4.39 Å². The van der Waals surface area contributed by atoms with Crippen LogP contribution in [-0.4, -0.2) is 20.0 Å². The van der Waals surface area contributed by atoms with Crippen LogP contribution in [0.25, 0.3) is 17.1 Å². The molecule has 3 aromatic rings. The minimum absolute atomic E-state index is 0.254. The topological polar surface area (TPSA) is 30.7 Å². The molecule has 0 spiro atoms. The number of thioether (sulfide) groups is 1. The molecule has 0 aliphatic rings. The number of halogens is 1. The smallest absolute Gasteiger partial charge is 0.196 e. The van der Waals surface area contributed by atoms with Crippen molar-refractivity contribution in [1.29, 1.82) is 0 Å². The third-order valence-electron chi connectivity index (χ3n) is 3.09. The standard InChI is InChI=1S/C17H16FN3S/c1-12(2)22-17-20-19-16(13-6-4-3-5-7-13)21(17)15-10-8-14(18)9-11-15/h3-12H,1-2H3. The highest BCUT2D eigenvalue weighted by Gasteiger charge is 2.16. The van der Waals surface area contributed by atoms with Gasteiger partial charge in [0.2, 0.25) is 0 Å². The van der Waals surface area contributed by atoms with E-state index in [1.165, 1.54) is 12.1 Å². The highest BCUT2D eigenvalue weighted by atomic mass is 32.2. The Morgan fingerprint density at radius 1 is 0.955 bits per heavy atom. The van der Waals surface area contributed by atoms with Gasteiger partial charge >= 0.3 is 0 Å². The molecule has 0 bridgehead atoms. The van der Waals surface area contributed by atoms with Gasteiger partial charge in [0.05, 0.1) is 0 Å². The maximum absolute atomic E-state index is 13.2. The Balaban J connectivity index is 2.15. The van der Waals surface area contributed by atoms with E-state index < -0.39 is 0 Å². The van der Waals surface area contributed by atoms with Gasteiger partial charge in [0.25, 0.3) is 0 Å².